The number of hydrogen-bond donors (Lipinski definition) is 3. The van der Waals surface area contributed by atoms with Crippen LogP contribution in [0.4, 0.5) is 0 Å². The van der Waals surface area contributed by atoms with Gasteiger partial charge in [-0.05, 0) is 26.0 Å². The first-order valence-corrected chi connectivity index (χ1v) is 7.10. The van der Waals surface area contributed by atoms with Crippen LogP contribution < -0.4 is 16.0 Å². The summed E-state index contributed by atoms with van der Waals surface area (Å²) in [7, 11) is 3.31. The van der Waals surface area contributed by atoms with Gasteiger partial charge in [0.15, 0.2) is 5.96 Å². The number of halogens is 1. The molecule has 1 rings (SSSR count). The average Bonchev–Trinajstić information content (AvgIpc) is 2.79. The Morgan fingerprint density at radius 3 is 2.65 bits per heavy atom. The molecule has 0 spiro atoms. The number of nitrogens with one attached hydrogen (secondary N) is 3. The molecule has 1 amide bonds. The number of thiophene rings is 1. The summed E-state index contributed by atoms with van der Waals surface area (Å²) in [5.41, 5.74) is 0. The second-order valence-electron chi connectivity index (χ2n) is 4.36. The third-order valence-electron chi connectivity index (χ3n) is 2.61. The Kier molecular flexibility index (Phi) is 9.56. The summed E-state index contributed by atoms with van der Waals surface area (Å²) >= 11 is 1.81. The summed E-state index contributed by atoms with van der Waals surface area (Å²) in [6.07, 6.45) is 0.944. The number of hydrogen-bond acceptors (Lipinski definition) is 3. The highest BCUT2D eigenvalue weighted by Crippen LogP contribution is 2.16. The van der Waals surface area contributed by atoms with Gasteiger partial charge in [-0.3, -0.25) is 9.79 Å². The maximum absolute atomic E-state index is 11.2. The van der Waals surface area contributed by atoms with Gasteiger partial charge in [-0.15, -0.1) is 35.3 Å². The van der Waals surface area contributed by atoms with E-state index in [4.69, 9.17) is 0 Å². The second kappa shape index (κ2) is 9.98. The minimum absolute atomic E-state index is 0. The number of carbonyl (C=O) groups is 1. The lowest BCUT2D eigenvalue weighted by atomic mass is 10.2. The van der Waals surface area contributed by atoms with E-state index in [2.05, 4.69) is 46.9 Å². The summed E-state index contributed by atoms with van der Waals surface area (Å²) in [4.78, 5) is 17.9. The van der Waals surface area contributed by atoms with E-state index in [1.54, 1.807) is 14.1 Å². The molecule has 7 heteroatoms. The Morgan fingerprint density at radius 1 is 1.45 bits per heavy atom. The van der Waals surface area contributed by atoms with Crippen molar-refractivity contribution in [3.8, 4) is 0 Å². The molecule has 0 radical (unpaired) electrons. The van der Waals surface area contributed by atoms with Gasteiger partial charge in [0.25, 0.3) is 0 Å². The molecule has 5 nitrogen and oxygen atoms in total. The minimum Gasteiger partial charge on any atom is -0.358 e. The van der Waals surface area contributed by atoms with Crippen LogP contribution in [-0.4, -0.2) is 38.5 Å². The molecule has 0 aliphatic rings. The summed E-state index contributed by atoms with van der Waals surface area (Å²) in [6.45, 7) is 4.43. The van der Waals surface area contributed by atoms with Crippen molar-refractivity contribution in [1.29, 1.82) is 0 Å². The van der Waals surface area contributed by atoms with Crippen molar-refractivity contribution in [3.63, 3.8) is 0 Å². The number of aryl methyl sites for hydroxylation is 1. The van der Waals surface area contributed by atoms with Crippen LogP contribution in [-0.2, 0) is 11.2 Å². The molecule has 1 unspecified atom stereocenters. The first-order chi connectivity index (χ1) is 9.05. The molecule has 114 valence electrons. The monoisotopic (exact) mass is 410 g/mol. The second-order valence-corrected chi connectivity index (χ2v) is 5.73. The molecule has 0 aliphatic carbocycles. The summed E-state index contributed by atoms with van der Waals surface area (Å²) in [6, 6.07) is 4.54. The van der Waals surface area contributed by atoms with Crippen LogP contribution in [0, 0.1) is 6.92 Å². The van der Waals surface area contributed by atoms with E-state index >= 15 is 0 Å². The van der Waals surface area contributed by atoms with Gasteiger partial charge in [-0.1, -0.05) is 0 Å². The van der Waals surface area contributed by atoms with Gasteiger partial charge < -0.3 is 16.0 Å². The molecule has 0 saturated carbocycles. The summed E-state index contributed by atoms with van der Waals surface area (Å²) in [5.74, 6) is 0.578. The van der Waals surface area contributed by atoms with Crippen LogP contribution in [0.15, 0.2) is 17.1 Å². The number of carbonyl (C=O) groups excluding carboxylic acids is 1. The van der Waals surface area contributed by atoms with Gasteiger partial charge in [0.2, 0.25) is 5.91 Å². The number of aliphatic imine (C=N–C) groups is 1. The van der Waals surface area contributed by atoms with Gasteiger partial charge >= 0.3 is 0 Å². The molecule has 0 aromatic carbocycles. The predicted octanol–water partition coefficient (Wildman–Crippen LogP) is 1.52. The largest absolute Gasteiger partial charge is 0.358 e. The molecule has 0 saturated heterocycles. The van der Waals surface area contributed by atoms with Crippen molar-refractivity contribution in [3.05, 3.63) is 21.9 Å². The van der Waals surface area contributed by atoms with Crippen molar-refractivity contribution in [1.82, 2.24) is 16.0 Å². The molecule has 0 bridgehead atoms. The van der Waals surface area contributed by atoms with Crippen molar-refractivity contribution >= 4 is 47.2 Å². The SMILES string of the molecule is CN=C(NCC(=O)NC)NC(C)Cc1ccc(C)s1.I. The van der Waals surface area contributed by atoms with Gasteiger partial charge in [-0.2, -0.15) is 0 Å². The zero-order chi connectivity index (χ0) is 14.3. The number of guanidine groups is 1. The van der Waals surface area contributed by atoms with Gasteiger partial charge in [0.05, 0.1) is 6.54 Å². The van der Waals surface area contributed by atoms with E-state index in [1.165, 1.54) is 9.75 Å². The smallest absolute Gasteiger partial charge is 0.239 e. The zero-order valence-electron chi connectivity index (χ0n) is 12.3. The molecular weight excluding hydrogens is 387 g/mol. The summed E-state index contributed by atoms with van der Waals surface area (Å²) < 4.78 is 0. The van der Waals surface area contributed by atoms with Crippen molar-refractivity contribution in [2.75, 3.05) is 20.6 Å². The van der Waals surface area contributed by atoms with Crippen LogP contribution in [0.1, 0.15) is 16.7 Å². The first-order valence-electron chi connectivity index (χ1n) is 6.28. The van der Waals surface area contributed by atoms with Gasteiger partial charge in [-0.25, -0.2) is 0 Å². The van der Waals surface area contributed by atoms with E-state index in [-0.39, 0.29) is 42.5 Å². The number of amides is 1. The van der Waals surface area contributed by atoms with Crippen LogP contribution in [0.5, 0.6) is 0 Å². The van der Waals surface area contributed by atoms with Crippen LogP contribution in [0.2, 0.25) is 0 Å². The van der Waals surface area contributed by atoms with Gasteiger partial charge in [0, 0.05) is 36.3 Å². The van der Waals surface area contributed by atoms with E-state index in [1.807, 2.05) is 11.3 Å². The summed E-state index contributed by atoms with van der Waals surface area (Å²) in [5, 5.41) is 8.80. The lowest BCUT2D eigenvalue weighted by Crippen LogP contribution is -2.46. The highest BCUT2D eigenvalue weighted by molar-refractivity contribution is 14.0. The normalized spacial score (nSPS) is 12.3. The molecule has 20 heavy (non-hydrogen) atoms. The highest BCUT2D eigenvalue weighted by Gasteiger charge is 2.08. The van der Waals surface area contributed by atoms with E-state index in [0.717, 1.165) is 6.42 Å². The van der Waals surface area contributed by atoms with E-state index in [0.29, 0.717) is 5.96 Å². The van der Waals surface area contributed by atoms with E-state index < -0.39 is 0 Å². The molecule has 0 aliphatic heterocycles. The minimum atomic E-state index is -0.0653. The first kappa shape index (κ1) is 19.2. The molecule has 1 aromatic rings. The highest BCUT2D eigenvalue weighted by atomic mass is 127. The van der Waals surface area contributed by atoms with Crippen molar-refractivity contribution in [2.45, 2.75) is 26.3 Å². The zero-order valence-corrected chi connectivity index (χ0v) is 15.5. The fraction of sp³-hybridized carbons (Fsp3) is 0.538. The van der Waals surface area contributed by atoms with Crippen LogP contribution >= 0.6 is 35.3 Å². The molecule has 1 heterocycles. The maximum atomic E-state index is 11.2. The molecule has 1 aromatic heterocycles. The molecule has 1 atom stereocenters. The fourth-order valence-electron chi connectivity index (χ4n) is 1.63. The van der Waals surface area contributed by atoms with Crippen molar-refractivity contribution in [2.24, 2.45) is 4.99 Å². The Labute approximate surface area is 141 Å². The predicted molar refractivity (Wildman–Crippen MR) is 96.2 cm³/mol. The van der Waals surface area contributed by atoms with Crippen LogP contribution in [0.25, 0.3) is 0 Å². The average molecular weight is 410 g/mol. The van der Waals surface area contributed by atoms with Crippen molar-refractivity contribution < 1.29 is 4.79 Å². The Bertz CT molecular complexity index is 447. The quantitative estimate of drug-likeness (QED) is 0.392. The molecular formula is C13H23IN4OS. The molecule has 3 N–H and O–H groups in total. The van der Waals surface area contributed by atoms with Gasteiger partial charge in [0.1, 0.15) is 0 Å². The number of likely N-dealkylation sites (N-methyl/N-ethyl adjacent to an activating group) is 1. The number of rotatable bonds is 5. The lowest BCUT2D eigenvalue weighted by molar-refractivity contribution is -0.119. The topological polar surface area (TPSA) is 65.5 Å². The van der Waals surface area contributed by atoms with Crippen LogP contribution in [0.3, 0.4) is 0 Å². The molecule has 0 fully saturated rings. The standard InChI is InChI=1S/C13H22N4OS.HI/c1-9(7-11-6-5-10(2)19-11)17-13(15-4)16-8-12(18)14-3;/h5-6,9H,7-8H2,1-4H3,(H,14,18)(H2,15,16,17);1H. The Hall–Kier alpha value is -0.830. The Balaban J connectivity index is 0.00000361. The lowest BCUT2D eigenvalue weighted by Gasteiger charge is -2.17. The maximum Gasteiger partial charge on any atom is 0.239 e. The number of nitrogens with zero attached hydrogens (tertiary/aromatic N) is 1. The fourth-order valence-corrected chi connectivity index (χ4v) is 2.65. The van der Waals surface area contributed by atoms with E-state index in [9.17, 15) is 4.79 Å². The Morgan fingerprint density at radius 2 is 2.15 bits per heavy atom. The third kappa shape index (κ3) is 7.09. The third-order valence-corrected chi connectivity index (χ3v) is 3.63.